The number of benzene rings is 8. The van der Waals surface area contributed by atoms with Crippen LogP contribution in [-0.4, -0.2) is 16.2 Å². The SMILES string of the molecule is CC(C)c1ccccc1-c1ccnc(-n2c3ccccc3c3ccc(C(c4ccccc4)(c4ccccc4)c4cccc(N5CN(c6ccccc6)c6ccccc65)c4)cc32)c1. The smallest absolute Gasteiger partial charge is 0.138 e. The minimum absolute atomic E-state index is 0.393. The van der Waals surface area contributed by atoms with Crippen LogP contribution in [0.3, 0.4) is 0 Å². The van der Waals surface area contributed by atoms with Gasteiger partial charge in [-0.3, -0.25) is 4.57 Å². The van der Waals surface area contributed by atoms with Crippen molar-refractivity contribution in [1.82, 2.24) is 9.55 Å². The van der Waals surface area contributed by atoms with Gasteiger partial charge in [-0.15, -0.1) is 0 Å². The van der Waals surface area contributed by atoms with Crippen molar-refractivity contribution in [3.8, 4) is 16.9 Å². The molecule has 10 aromatic rings. The summed E-state index contributed by atoms with van der Waals surface area (Å²) in [6.45, 7) is 5.23. The first-order chi connectivity index (χ1) is 30.6. The third kappa shape index (κ3) is 6.10. The molecule has 0 fully saturated rings. The van der Waals surface area contributed by atoms with E-state index in [4.69, 9.17) is 4.98 Å². The fourth-order valence-electron chi connectivity index (χ4n) is 9.97. The topological polar surface area (TPSA) is 24.3 Å². The Labute approximate surface area is 363 Å². The molecule has 1 aliphatic rings. The normalized spacial score (nSPS) is 12.7. The summed E-state index contributed by atoms with van der Waals surface area (Å²) in [7, 11) is 0. The quantitative estimate of drug-likeness (QED) is 0.136. The van der Waals surface area contributed by atoms with E-state index in [1.807, 2.05) is 6.20 Å². The number of hydrogen-bond donors (Lipinski definition) is 0. The Kier molecular flexibility index (Phi) is 9.27. The van der Waals surface area contributed by atoms with E-state index in [0.29, 0.717) is 12.6 Å². The average Bonchev–Trinajstić information content (AvgIpc) is 3.89. The number of fused-ring (bicyclic) bond motifs is 4. The zero-order valence-electron chi connectivity index (χ0n) is 34.9. The van der Waals surface area contributed by atoms with E-state index in [9.17, 15) is 0 Å². The number of nitrogens with zero attached hydrogens (tertiary/aromatic N) is 4. The van der Waals surface area contributed by atoms with Gasteiger partial charge in [0.25, 0.3) is 0 Å². The van der Waals surface area contributed by atoms with E-state index in [-0.39, 0.29) is 0 Å². The predicted molar refractivity (Wildman–Crippen MR) is 258 cm³/mol. The second kappa shape index (κ2) is 15.4. The van der Waals surface area contributed by atoms with Crippen LogP contribution in [0.25, 0.3) is 38.8 Å². The van der Waals surface area contributed by atoms with Crippen LogP contribution in [0.5, 0.6) is 0 Å². The maximum atomic E-state index is 5.10. The number of hydrogen-bond acceptors (Lipinski definition) is 3. The fourth-order valence-corrected chi connectivity index (χ4v) is 9.97. The van der Waals surface area contributed by atoms with Crippen LogP contribution in [0, 0.1) is 0 Å². The lowest BCUT2D eigenvalue weighted by atomic mass is 9.65. The van der Waals surface area contributed by atoms with Crippen molar-refractivity contribution < 1.29 is 0 Å². The van der Waals surface area contributed by atoms with Gasteiger partial charge in [0.2, 0.25) is 0 Å². The average molecular weight is 799 g/mol. The minimum Gasteiger partial charge on any atom is -0.321 e. The molecular formula is C58H46N4. The van der Waals surface area contributed by atoms with Crippen molar-refractivity contribution in [2.75, 3.05) is 16.5 Å². The van der Waals surface area contributed by atoms with Gasteiger partial charge in [0.1, 0.15) is 12.5 Å². The number of pyridine rings is 1. The first kappa shape index (κ1) is 37.3. The molecule has 0 N–H and O–H groups in total. The van der Waals surface area contributed by atoms with E-state index in [0.717, 1.165) is 28.1 Å². The van der Waals surface area contributed by atoms with E-state index in [1.54, 1.807) is 0 Å². The number of rotatable bonds is 9. The largest absolute Gasteiger partial charge is 0.321 e. The van der Waals surface area contributed by atoms with Crippen LogP contribution in [-0.2, 0) is 5.41 Å². The first-order valence-corrected chi connectivity index (χ1v) is 21.6. The van der Waals surface area contributed by atoms with Gasteiger partial charge in [0.15, 0.2) is 0 Å². The summed E-state index contributed by atoms with van der Waals surface area (Å²) >= 11 is 0. The first-order valence-electron chi connectivity index (χ1n) is 21.6. The molecule has 0 spiro atoms. The van der Waals surface area contributed by atoms with Crippen LogP contribution < -0.4 is 9.80 Å². The fraction of sp³-hybridized carbons (Fsp3) is 0.0862. The van der Waals surface area contributed by atoms with Crippen molar-refractivity contribution in [1.29, 1.82) is 0 Å². The highest BCUT2D eigenvalue weighted by Crippen LogP contribution is 2.50. The molecule has 0 aliphatic carbocycles. The van der Waals surface area contributed by atoms with Crippen LogP contribution in [0.15, 0.2) is 225 Å². The summed E-state index contributed by atoms with van der Waals surface area (Å²) in [5.74, 6) is 1.29. The van der Waals surface area contributed by atoms with E-state index in [1.165, 1.54) is 61.2 Å². The molecule has 11 rings (SSSR count). The highest BCUT2D eigenvalue weighted by Gasteiger charge is 2.40. The minimum atomic E-state index is -0.683. The molecule has 0 radical (unpaired) electrons. The molecule has 4 nitrogen and oxygen atoms in total. The Morgan fingerprint density at radius 1 is 0.452 bits per heavy atom. The second-order valence-electron chi connectivity index (χ2n) is 16.6. The van der Waals surface area contributed by atoms with Crippen LogP contribution >= 0.6 is 0 Å². The van der Waals surface area contributed by atoms with Gasteiger partial charge < -0.3 is 9.80 Å². The van der Waals surface area contributed by atoms with E-state index < -0.39 is 5.41 Å². The summed E-state index contributed by atoms with van der Waals surface area (Å²) in [6, 6.07) is 79.8. The number of aromatic nitrogens is 2. The van der Waals surface area contributed by atoms with Gasteiger partial charge in [-0.2, -0.15) is 0 Å². The van der Waals surface area contributed by atoms with Crippen molar-refractivity contribution in [3.63, 3.8) is 0 Å². The molecule has 62 heavy (non-hydrogen) atoms. The molecule has 0 bridgehead atoms. The highest BCUT2D eigenvalue weighted by molar-refractivity contribution is 6.09. The van der Waals surface area contributed by atoms with Gasteiger partial charge in [-0.25, -0.2) is 4.98 Å². The molecule has 0 unspecified atom stereocenters. The maximum Gasteiger partial charge on any atom is 0.138 e. The predicted octanol–water partition coefficient (Wildman–Crippen LogP) is 14.6. The molecule has 1 aliphatic heterocycles. The zero-order valence-corrected chi connectivity index (χ0v) is 34.9. The Hall–Kier alpha value is -7.69. The summed E-state index contributed by atoms with van der Waals surface area (Å²) in [4.78, 5) is 9.96. The molecule has 0 atom stereocenters. The molecule has 0 amide bonds. The van der Waals surface area contributed by atoms with Crippen molar-refractivity contribution in [2.45, 2.75) is 25.2 Å². The Balaban J connectivity index is 1.15. The second-order valence-corrected chi connectivity index (χ2v) is 16.6. The Bertz CT molecular complexity index is 3170. The molecule has 0 saturated heterocycles. The summed E-state index contributed by atoms with van der Waals surface area (Å²) in [5, 5.41) is 2.39. The maximum absolute atomic E-state index is 5.10. The molecule has 0 saturated carbocycles. The molecule has 8 aromatic carbocycles. The van der Waals surface area contributed by atoms with Gasteiger partial charge in [0.05, 0.1) is 27.8 Å². The van der Waals surface area contributed by atoms with Gasteiger partial charge in [0, 0.05) is 28.3 Å². The lowest BCUT2D eigenvalue weighted by Crippen LogP contribution is -2.31. The molecule has 3 heterocycles. The van der Waals surface area contributed by atoms with Gasteiger partial charge in [-0.05, 0) is 106 Å². The van der Waals surface area contributed by atoms with Crippen LogP contribution in [0.1, 0.15) is 47.6 Å². The molecular weight excluding hydrogens is 753 g/mol. The number of para-hydroxylation sites is 4. The third-order valence-corrected chi connectivity index (χ3v) is 12.8. The third-order valence-electron chi connectivity index (χ3n) is 12.8. The highest BCUT2D eigenvalue weighted by atomic mass is 15.4. The Morgan fingerprint density at radius 2 is 1.02 bits per heavy atom. The monoisotopic (exact) mass is 798 g/mol. The van der Waals surface area contributed by atoms with Crippen molar-refractivity contribution in [2.24, 2.45) is 0 Å². The van der Waals surface area contributed by atoms with E-state index >= 15 is 0 Å². The summed E-state index contributed by atoms with van der Waals surface area (Å²) < 4.78 is 2.37. The van der Waals surface area contributed by atoms with E-state index in [2.05, 4.69) is 247 Å². The molecule has 2 aromatic heterocycles. The molecule has 4 heteroatoms. The Morgan fingerprint density at radius 3 is 1.74 bits per heavy atom. The number of anilines is 4. The lowest BCUT2D eigenvalue weighted by Gasteiger charge is -2.37. The molecule has 298 valence electrons. The summed E-state index contributed by atoms with van der Waals surface area (Å²) in [6.07, 6.45) is 1.96. The van der Waals surface area contributed by atoms with Crippen molar-refractivity contribution in [3.05, 3.63) is 252 Å². The summed E-state index contributed by atoms with van der Waals surface area (Å²) in [5.41, 5.74) is 14.8. The van der Waals surface area contributed by atoms with Crippen LogP contribution in [0.2, 0.25) is 0 Å². The zero-order chi connectivity index (χ0) is 41.6. The van der Waals surface area contributed by atoms with Crippen molar-refractivity contribution >= 4 is 44.6 Å². The standard InChI is InChI=1S/C58H46N4/c1-41(2)49-27-12-13-28-50(49)42-35-36-59-57(37-42)62-53-30-15-14-29-51(53)52-34-33-46(39-56(52)62)58(43-19-6-3-7-20-43,44-21-8-4-9-22-44)45-23-18-26-48(38-45)61-40-60(47-24-10-5-11-25-47)54-31-16-17-32-55(54)61/h3-39,41H,40H2,1-2H3. The lowest BCUT2D eigenvalue weighted by molar-refractivity contribution is 0.745. The van der Waals surface area contributed by atoms with Gasteiger partial charge in [-0.1, -0.05) is 172 Å². The van der Waals surface area contributed by atoms with Crippen LogP contribution in [0.4, 0.5) is 22.7 Å². The van der Waals surface area contributed by atoms with Gasteiger partial charge >= 0.3 is 0 Å².